The molecule has 0 spiro atoms. The molecule has 0 saturated carbocycles. The molecule has 0 fully saturated rings. The maximum absolute atomic E-state index is 4.03. The fraction of sp³-hybridized carbons (Fsp3) is 0. The van der Waals surface area contributed by atoms with E-state index in [4.69, 9.17) is 0 Å². The van der Waals surface area contributed by atoms with Crippen molar-refractivity contribution in [2.45, 2.75) is 0 Å². The van der Waals surface area contributed by atoms with Crippen molar-refractivity contribution in [1.29, 1.82) is 0 Å². The van der Waals surface area contributed by atoms with Crippen molar-refractivity contribution in [1.82, 2.24) is 4.98 Å². The van der Waals surface area contributed by atoms with Crippen LogP contribution >= 0.6 is 12.6 Å². The molecule has 1 nitrogen and oxygen atoms in total. The lowest BCUT2D eigenvalue weighted by atomic mass is 10.3. The van der Waals surface area contributed by atoms with Crippen molar-refractivity contribution in [3.63, 3.8) is 0 Å². The van der Waals surface area contributed by atoms with Gasteiger partial charge in [-0.2, -0.15) is 0 Å². The highest BCUT2D eigenvalue weighted by atomic mass is 32.1. The number of aromatic nitrogens is 1. The molecule has 0 aliphatic rings. The van der Waals surface area contributed by atoms with Gasteiger partial charge in [0.25, 0.3) is 0 Å². The molecule has 1 aromatic rings. The van der Waals surface area contributed by atoms with Gasteiger partial charge in [0, 0.05) is 11.1 Å². The summed E-state index contributed by atoms with van der Waals surface area (Å²) < 4.78 is 0. The molecule has 0 unspecified atom stereocenters. The Labute approximate surface area is 59.8 Å². The number of nitrogens with zero attached hydrogens (tertiary/aromatic N) is 1. The largest absolute Gasteiger partial charge is 0.256 e. The van der Waals surface area contributed by atoms with E-state index in [1.165, 1.54) is 0 Å². The van der Waals surface area contributed by atoms with Crippen LogP contribution in [0.3, 0.4) is 0 Å². The molecule has 0 N–H and O–H groups in total. The van der Waals surface area contributed by atoms with E-state index in [1.807, 2.05) is 18.2 Å². The van der Waals surface area contributed by atoms with Crippen LogP contribution in [0.15, 0.2) is 31.0 Å². The third-order valence-corrected chi connectivity index (χ3v) is 1.19. The van der Waals surface area contributed by atoms with Gasteiger partial charge in [-0.1, -0.05) is 12.6 Å². The highest BCUT2D eigenvalue weighted by Gasteiger charge is 1.89. The summed E-state index contributed by atoms with van der Waals surface area (Å²) in [5.74, 6) is 0. The number of rotatable bonds is 1. The molecular weight excluding hydrogens is 130 g/mol. The van der Waals surface area contributed by atoms with Crippen molar-refractivity contribution in [3.05, 3.63) is 36.7 Å². The molecule has 0 radical (unpaired) electrons. The number of pyridine rings is 1. The van der Waals surface area contributed by atoms with Crippen LogP contribution in [0, 0.1) is 0 Å². The second kappa shape index (κ2) is 2.69. The normalized spacial score (nSPS) is 9.00. The van der Waals surface area contributed by atoms with E-state index < -0.39 is 0 Å². The lowest BCUT2D eigenvalue weighted by molar-refractivity contribution is 1.29. The molecule has 2 heteroatoms. The van der Waals surface area contributed by atoms with E-state index in [1.54, 1.807) is 6.20 Å². The minimum absolute atomic E-state index is 0.704. The number of hydrogen-bond donors (Lipinski definition) is 1. The SMILES string of the molecule is C=C(S)c1ccccn1. The Morgan fingerprint density at radius 2 is 2.33 bits per heavy atom. The van der Waals surface area contributed by atoms with Crippen LogP contribution in [0.2, 0.25) is 0 Å². The Bertz CT molecular complexity index is 205. The van der Waals surface area contributed by atoms with E-state index in [-0.39, 0.29) is 0 Å². The number of hydrogen-bond acceptors (Lipinski definition) is 2. The fourth-order valence-electron chi connectivity index (χ4n) is 0.533. The average Bonchev–Trinajstić information content (AvgIpc) is 1.90. The zero-order chi connectivity index (χ0) is 6.69. The van der Waals surface area contributed by atoms with E-state index in [9.17, 15) is 0 Å². The lowest BCUT2D eigenvalue weighted by Crippen LogP contribution is -1.78. The third kappa shape index (κ3) is 1.57. The molecule has 0 aliphatic carbocycles. The predicted octanol–water partition coefficient (Wildman–Crippen LogP) is 1.98. The van der Waals surface area contributed by atoms with Crippen LogP contribution < -0.4 is 0 Å². The Morgan fingerprint density at radius 1 is 1.56 bits per heavy atom. The van der Waals surface area contributed by atoms with Gasteiger partial charge in [0.2, 0.25) is 0 Å². The highest BCUT2D eigenvalue weighted by molar-refractivity contribution is 7.90. The first-order chi connectivity index (χ1) is 4.30. The molecular formula is C7H7NS. The highest BCUT2D eigenvalue weighted by Crippen LogP contribution is 2.10. The minimum atomic E-state index is 0.704. The van der Waals surface area contributed by atoms with Crippen LogP contribution in [-0.4, -0.2) is 4.98 Å². The molecule has 0 saturated heterocycles. The fourth-order valence-corrected chi connectivity index (χ4v) is 0.666. The first kappa shape index (κ1) is 6.36. The van der Waals surface area contributed by atoms with Crippen molar-refractivity contribution >= 4 is 17.5 Å². The van der Waals surface area contributed by atoms with Gasteiger partial charge in [0.15, 0.2) is 0 Å². The minimum Gasteiger partial charge on any atom is -0.256 e. The topological polar surface area (TPSA) is 12.9 Å². The summed E-state index contributed by atoms with van der Waals surface area (Å²) in [6, 6.07) is 5.64. The maximum Gasteiger partial charge on any atom is 0.0756 e. The van der Waals surface area contributed by atoms with Gasteiger partial charge >= 0.3 is 0 Å². The summed E-state index contributed by atoms with van der Waals surface area (Å²) in [4.78, 5) is 4.71. The number of thiol groups is 1. The molecule has 1 heterocycles. The maximum atomic E-state index is 4.03. The van der Waals surface area contributed by atoms with Crippen molar-refractivity contribution in [3.8, 4) is 0 Å². The van der Waals surface area contributed by atoms with Gasteiger partial charge < -0.3 is 0 Å². The van der Waals surface area contributed by atoms with Crippen LogP contribution in [0.1, 0.15) is 5.69 Å². The summed E-state index contributed by atoms with van der Waals surface area (Å²) >= 11 is 4.03. The summed E-state index contributed by atoms with van der Waals surface area (Å²) in [5.41, 5.74) is 0.834. The zero-order valence-electron chi connectivity index (χ0n) is 4.91. The van der Waals surface area contributed by atoms with Gasteiger partial charge in [-0.3, -0.25) is 4.98 Å². The van der Waals surface area contributed by atoms with Crippen molar-refractivity contribution in [2.75, 3.05) is 0 Å². The van der Waals surface area contributed by atoms with Crippen LogP contribution in [0.5, 0.6) is 0 Å². The predicted molar refractivity (Wildman–Crippen MR) is 42.3 cm³/mol. The summed E-state index contributed by atoms with van der Waals surface area (Å²) in [6.45, 7) is 3.63. The average molecular weight is 137 g/mol. The first-order valence-corrected chi connectivity index (χ1v) is 3.04. The van der Waals surface area contributed by atoms with Crippen LogP contribution in [0.25, 0.3) is 4.91 Å². The first-order valence-electron chi connectivity index (χ1n) is 2.60. The zero-order valence-corrected chi connectivity index (χ0v) is 5.81. The second-order valence-electron chi connectivity index (χ2n) is 1.66. The molecule has 9 heavy (non-hydrogen) atoms. The summed E-state index contributed by atoms with van der Waals surface area (Å²) in [5, 5.41) is 0. The Kier molecular flexibility index (Phi) is 1.90. The van der Waals surface area contributed by atoms with Gasteiger partial charge in [-0.15, -0.1) is 12.6 Å². The van der Waals surface area contributed by atoms with Gasteiger partial charge in [-0.25, -0.2) is 0 Å². The molecule has 0 aromatic carbocycles. The van der Waals surface area contributed by atoms with Crippen molar-refractivity contribution < 1.29 is 0 Å². The summed E-state index contributed by atoms with van der Waals surface area (Å²) in [7, 11) is 0. The molecule has 1 aromatic heterocycles. The van der Waals surface area contributed by atoms with E-state index in [0.29, 0.717) is 4.91 Å². The van der Waals surface area contributed by atoms with E-state index in [0.717, 1.165) is 5.69 Å². The Morgan fingerprint density at radius 3 is 2.67 bits per heavy atom. The van der Waals surface area contributed by atoms with Crippen LogP contribution in [-0.2, 0) is 0 Å². The monoisotopic (exact) mass is 137 g/mol. The quantitative estimate of drug-likeness (QED) is 0.584. The van der Waals surface area contributed by atoms with Gasteiger partial charge in [0.1, 0.15) is 0 Å². The van der Waals surface area contributed by atoms with Crippen molar-refractivity contribution in [2.24, 2.45) is 0 Å². The molecule has 46 valence electrons. The van der Waals surface area contributed by atoms with E-state index >= 15 is 0 Å². The molecule has 0 aliphatic heterocycles. The Balaban J connectivity index is 2.98. The summed E-state index contributed by atoms with van der Waals surface area (Å²) in [6.07, 6.45) is 1.72. The van der Waals surface area contributed by atoms with Gasteiger partial charge in [0.05, 0.1) is 5.69 Å². The molecule has 0 bridgehead atoms. The molecule has 0 atom stereocenters. The second-order valence-corrected chi connectivity index (χ2v) is 2.20. The van der Waals surface area contributed by atoms with E-state index in [2.05, 4.69) is 24.2 Å². The third-order valence-electron chi connectivity index (χ3n) is 0.961. The smallest absolute Gasteiger partial charge is 0.0756 e. The lowest BCUT2D eigenvalue weighted by Gasteiger charge is -1.92. The van der Waals surface area contributed by atoms with Crippen LogP contribution in [0.4, 0.5) is 0 Å². The standard InChI is InChI=1S/C7H7NS/c1-6(9)7-4-2-3-5-8-7/h2-5,9H,1H2. The van der Waals surface area contributed by atoms with Gasteiger partial charge in [-0.05, 0) is 12.1 Å². The Hall–Kier alpha value is -0.760. The molecule has 0 amide bonds. The molecule has 1 rings (SSSR count).